The molecule has 0 aliphatic heterocycles. The average Bonchev–Trinajstić information content (AvgIpc) is 2.43. The van der Waals surface area contributed by atoms with Crippen LogP contribution in [0, 0.1) is 0 Å². The molecule has 0 bridgehead atoms. The molecule has 0 spiro atoms. The largest absolute Gasteiger partial charge is 0.508 e. The van der Waals surface area contributed by atoms with E-state index >= 15 is 0 Å². The van der Waals surface area contributed by atoms with Crippen molar-refractivity contribution in [2.45, 2.75) is 65.1 Å². The maximum absolute atomic E-state index is 12.3. The third-order valence-electron chi connectivity index (χ3n) is 3.36. The van der Waals surface area contributed by atoms with Gasteiger partial charge in [0.05, 0.1) is 12.2 Å². The molecule has 0 aliphatic carbocycles. The van der Waals surface area contributed by atoms with Crippen LogP contribution in [0.25, 0.3) is 0 Å². The minimum Gasteiger partial charge on any atom is -0.508 e. The highest BCUT2D eigenvalue weighted by atomic mass is 16.6. The van der Waals surface area contributed by atoms with Crippen molar-refractivity contribution in [1.82, 2.24) is 0 Å². The predicted octanol–water partition coefficient (Wildman–Crippen LogP) is 3.85. The third kappa shape index (κ3) is 6.48. The van der Waals surface area contributed by atoms with Crippen LogP contribution in [0.4, 0.5) is 0 Å². The molecule has 1 atom stereocenters. The van der Waals surface area contributed by atoms with Crippen LogP contribution in [0.1, 0.15) is 52.5 Å². The number of esters is 1. The SMILES string of the molecule is CCCOC(=O)C(Cc1cccc(O)c1)OC(C)(C)CCC. The van der Waals surface area contributed by atoms with E-state index in [0.717, 1.165) is 24.8 Å². The van der Waals surface area contributed by atoms with Gasteiger partial charge >= 0.3 is 5.97 Å². The lowest BCUT2D eigenvalue weighted by molar-refractivity contribution is -0.168. The first-order chi connectivity index (χ1) is 10.4. The Morgan fingerprint density at radius 2 is 2.00 bits per heavy atom. The van der Waals surface area contributed by atoms with Gasteiger partial charge in [-0.05, 0) is 44.4 Å². The van der Waals surface area contributed by atoms with Gasteiger partial charge in [0.25, 0.3) is 0 Å². The third-order valence-corrected chi connectivity index (χ3v) is 3.36. The molecule has 1 aromatic carbocycles. The topological polar surface area (TPSA) is 55.8 Å². The summed E-state index contributed by atoms with van der Waals surface area (Å²) < 4.78 is 11.3. The first-order valence-corrected chi connectivity index (χ1v) is 8.00. The monoisotopic (exact) mass is 308 g/mol. The first kappa shape index (κ1) is 18.5. The van der Waals surface area contributed by atoms with Crippen LogP contribution in [0.15, 0.2) is 24.3 Å². The van der Waals surface area contributed by atoms with Crippen molar-refractivity contribution in [3.63, 3.8) is 0 Å². The zero-order valence-electron chi connectivity index (χ0n) is 14.1. The van der Waals surface area contributed by atoms with E-state index < -0.39 is 6.10 Å². The number of hydrogen-bond acceptors (Lipinski definition) is 4. The van der Waals surface area contributed by atoms with Crippen molar-refractivity contribution in [3.8, 4) is 5.75 Å². The molecule has 0 aromatic heterocycles. The minimum absolute atomic E-state index is 0.186. The van der Waals surface area contributed by atoms with Crippen molar-refractivity contribution in [2.24, 2.45) is 0 Å². The summed E-state index contributed by atoms with van der Waals surface area (Å²) in [6.45, 7) is 8.41. The molecule has 0 radical (unpaired) electrons. The molecule has 0 aliphatic rings. The molecular formula is C18H28O4. The number of carbonyl (C=O) groups excluding carboxylic acids is 1. The van der Waals surface area contributed by atoms with Crippen LogP contribution in [0.2, 0.25) is 0 Å². The predicted molar refractivity (Wildman–Crippen MR) is 86.9 cm³/mol. The molecule has 1 aromatic rings. The molecule has 0 saturated heterocycles. The van der Waals surface area contributed by atoms with E-state index in [1.165, 1.54) is 0 Å². The summed E-state index contributed by atoms with van der Waals surface area (Å²) in [4.78, 5) is 12.3. The van der Waals surface area contributed by atoms with Crippen molar-refractivity contribution in [2.75, 3.05) is 6.61 Å². The number of phenolic OH excluding ortho intramolecular Hbond substituents is 1. The Morgan fingerprint density at radius 1 is 1.27 bits per heavy atom. The number of ether oxygens (including phenoxy) is 2. The van der Waals surface area contributed by atoms with E-state index in [4.69, 9.17) is 9.47 Å². The summed E-state index contributed by atoms with van der Waals surface area (Å²) in [5.41, 5.74) is 0.465. The highest BCUT2D eigenvalue weighted by Gasteiger charge is 2.29. The van der Waals surface area contributed by atoms with Crippen molar-refractivity contribution in [3.05, 3.63) is 29.8 Å². The Kier molecular flexibility index (Phi) is 7.39. The molecule has 4 nitrogen and oxygen atoms in total. The van der Waals surface area contributed by atoms with Crippen LogP contribution < -0.4 is 0 Å². The van der Waals surface area contributed by atoms with E-state index in [1.807, 2.05) is 26.8 Å². The fraction of sp³-hybridized carbons (Fsp3) is 0.611. The Labute approximate surface area is 133 Å². The lowest BCUT2D eigenvalue weighted by Gasteiger charge is -2.29. The van der Waals surface area contributed by atoms with Crippen molar-refractivity contribution >= 4 is 5.97 Å². The summed E-state index contributed by atoms with van der Waals surface area (Å²) in [7, 11) is 0. The molecule has 124 valence electrons. The molecule has 0 amide bonds. The van der Waals surface area contributed by atoms with E-state index in [1.54, 1.807) is 18.2 Å². The lowest BCUT2D eigenvalue weighted by Crippen LogP contribution is -2.38. The number of hydrogen-bond donors (Lipinski definition) is 1. The summed E-state index contributed by atoms with van der Waals surface area (Å²) >= 11 is 0. The molecule has 1 unspecified atom stereocenters. The Bertz CT molecular complexity index is 468. The standard InChI is InChI=1S/C18H28O4/c1-5-10-18(3,4)22-16(17(20)21-11-6-2)13-14-8-7-9-15(19)12-14/h7-9,12,16,19H,5-6,10-11,13H2,1-4H3. The van der Waals surface area contributed by atoms with Crippen molar-refractivity contribution in [1.29, 1.82) is 0 Å². The normalized spacial score (nSPS) is 12.9. The summed E-state index contributed by atoms with van der Waals surface area (Å²) in [5, 5.41) is 9.57. The molecule has 0 heterocycles. The Morgan fingerprint density at radius 3 is 2.59 bits per heavy atom. The van der Waals surface area contributed by atoms with E-state index in [2.05, 4.69) is 6.92 Å². The van der Waals surface area contributed by atoms with Crippen LogP contribution in [0.3, 0.4) is 0 Å². The number of rotatable bonds is 9. The van der Waals surface area contributed by atoms with Gasteiger partial charge in [-0.1, -0.05) is 32.4 Å². The molecule has 1 N–H and O–H groups in total. The van der Waals surface area contributed by atoms with Gasteiger partial charge in [-0.2, -0.15) is 0 Å². The van der Waals surface area contributed by atoms with Gasteiger partial charge in [-0.15, -0.1) is 0 Å². The second-order valence-corrected chi connectivity index (χ2v) is 6.16. The zero-order valence-corrected chi connectivity index (χ0v) is 14.1. The zero-order chi connectivity index (χ0) is 16.6. The average molecular weight is 308 g/mol. The number of phenols is 1. The molecule has 0 fully saturated rings. The second-order valence-electron chi connectivity index (χ2n) is 6.16. The number of aromatic hydroxyl groups is 1. The van der Waals surface area contributed by atoms with E-state index in [9.17, 15) is 9.90 Å². The quantitative estimate of drug-likeness (QED) is 0.704. The van der Waals surface area contributed by atoms with Gasteiger partial charge in [0.2, 0.25) is 0 Å². The fourth-order valence-electron chi connectivity index (χ4n) is 2.41. The molecule has 1 rings (SSSR count). The van der Waals surface area contributed by atoms with Gasteiger partial charge in [0.15, 0.2) is 6.10 Å². The highest BCUT2D eigenvalue weighted by molar-refractivity contribution is 5.75. The number of benzene rings is 1. The summed E-state index contributed by atoms with van der Waals surface area (Å²) in [6.07, 6.45) is 2.36. The summed E-state index contributed by atoms with van der Waals surface area (Å²) in [5.74, 6) is -0.152. The Balaban J connectivity index is 2.83. The highest BCUT2D eigenvalue weighted by Crippen LogP contribution is 2.22. The van der Waals surface area contributed by atoms with Gasteiger partial charge in [0, 0.05) is 6.42 Å². The van der Waals surface area contributed by atoms with Gasteiger partial charge in [-0.3, -0.25) is 0 Å². The fourth-order valence-corrected chi connectivity index (χ4v) is 2.41. The van der Waals surface area contributed by atoms with Crippen molar-refractivity contribution < 1.29 is 19.4 Å². The van der Waals surface area contributed by atoms with Gasteiger partial charge in [-0.25, -0.2) is 4.79 Å². The van der Waals surface area contributed by atoms with Crippen LogP contribution >= 0.6 is 0 Å². The first-order valence-electron chi connectivity index (χ1n) is 8.00. The maximum atomic E-state index is 12.3. The van der Waals surface area contributed by atoms with E-state index in [-0.39, 0.29) is 17.3 Å². The molecule has 0 saturated carbocycles. The van der Waals surface area contributed by atoms with E-state index in [0.29, 0.717) is 13.0 Å². The molecular weight excluding hydrogens is 280 g/mol. The van der Waals surface area contributed by atoms with Crippen LogP contribution in [-0.4, -0.2) is 29.4 Å². The van der Waals surface area contributed by atoms with Crippen LogP contribution in [0.5, 0.6) is 5.75 Å². The maximum Gasteiger partial charge on any atom is 0.335 e. The summed E-state index contributed by atoms with van der Waals surface area (Å²) in [6, 6.07) is 6.89. The van der Waals surface area contributed by atoms with Gasteiger partial charge in [0.1, 0.15) is 5.75 Å². The lowest BCUT2D eigenvalue weighted by atomic mass is 10.0. The Hall–Kier alpha value is -1.55. The smallest absolute Gasteiger partial charge is 0.335 e. The van der Waals surface area contributed by atoms with Crippen LogP contribution in [-0.2, 0) is 20.7 Å². The minimum atomic E-state index is -0.658. The molecule has 22 heavy (non-hydrogen) atoms. The number of carbonyl (C=O) groups is 1. The van der Waals surface area contributed by atoms with Gasteiger partial charge < -0.3 is 14.6 Å². The molecule has 4 heteroatoms. The second kappa shape index (κ2) is 8.79.